The molecule has 206 valence electrons. The number of nitrogens with one attached hydrogen (secondary N) is 1. The van der Waals surface area contributed by atoms with Gasteiger partial charge in [-0.3, -0.25) is 15.0 Å². The van der Waals surface area contributed by atoms with Gasteiger partial charge in [0.1, 0.15) is 5.57 Å². The predicted octanol–water partition coefficient (Wildman–Crippen LogP) is 6.45. The van der Waals surface area contributed by atoms with Crippen LogP contribution >= 0.6 is 0 Å². The number of hydrogen-bond donors (Lipinski definition) is 1. The van der Waals surface area contributed by atoms with Gasteiger partial charge in [-0.2, -0.15) is 0 Å². The first-order valence-corrected chi connectivity index (χ1v) is 13.6. The molecule has 2 amide bonds. The number of hydrogen-bond acceptors (Lipinski definition) is 4. The zero-order valence-electron chi connectivity index (χ0n) is 22.9. The number of aromatic nitrogens is 1. The molecular weight excluding hydrogens is 526 g/mol. The topological polar surface area (TPSA) is 80.6 Å². The van der Waals surface area contributed by atoms with Crippen LogP contribution in [0.1, 0.15) is 22.8 Å². The Bertz CT molecular complexity index is 1790. The van der Waals surface area contributed by atoms with E-state index in [1.54, 1.807) is 37.3 Å². The summed E-state index contributed by atoms with van der Waals surface area (Å²) in [4.78, 5) is 38.9. The summed E-state index contributed by atoms with van der Waals surface area (Å²) >= 11 is 0. The molecule has 1 aliphatic heterocycles. The molecule has 5 aromatic rings. The number of rotatable bonds is 7. The van der Waals surface area contributed by atoms with Crippen LogP contribution in [0.15, 0.2) is 127 Å². The fourth-order valence-corrected chi connectivity index (χ4v) is 5.05. The van der Waals surface area contributed by atoms with E-state index < -0.39 is 11.8 Å². The number of hydrazine groups is 1. The van der Waals surface area contributed by atoms with Gasteiger partial charge in [0, 0.05) is 11.3 Å². The van der Waals surface area contributed by atoms with Crippen LogP contribution in [0.5, 0.6) is 0 Å². The molecule has 2 heterocycles. The Balaban J connectivity index is 1.55. The number of carbonyl (C=O) groups excluding carboxylic acids is 3. The fourth-order valence-electron chi connectivity index (χ4n) is 5.05. The number of ether oxygens (including phenoxy) is 1. The molecular formula is C35H27N3O4. The molecule has 6 rings (SSSR count). The van der Waals surface area contributed by atoms with E-state index in [4.69, 9.17) is 4.74 Å². The van der Waals surface area contributed by atoms with Crippen molar-refractivity contribution in [2.24, 2.45) is 0 Å². The zero-order chi connectivity index (χ0) is 29.1. The van der Waals surface area contributed by atoms with Gasteiger partial charge in [-0.1, -0.05) is 78.9 Å². The second-order valence-electron chi connectivity index (χ2n) is 9.64. The van der Waals surface area contributed by atoms with E-state index in [1.807, 2.05) is 97.1 Å². The lowest BCUT2D eigenvalue weighted by Gasteiger charge is -2.16. The van der Waals surface area contributed by atoms with Crippen molar-refractivity contribution in [2.75, 3.05) is 11.6 Å². The summed E-state index contributed by atoms with van der Waals surface area (Å²) < 4.78 is 7.25. The van der Waals surface area contributed by atoms with Gasteiger partial charge >= 0.3 is 5.97 Å². The SMILES string of the molecule is CCOC(=O)c1ccc(-n2c(-c3ccccc3)cc(/C=C3/C(=O)NN(c4ccccc4)C3=O)c2-c2ccccc2)cc1. The van der Waals surface area contributed by atoms with Crippen LogP contribution < -0.4 is 10.4 Å². The van der Waals surface area contributed by atoms with Crippen molar-refractivity contribution >= 4 is 29.5 Å². The largest absolute Gasteiger partial charge is 0.462 e. The average Bonchev–Trinajstić information content (AvgIpc) is 3.55. The minimum Gasteiger partial charge on any atom is -0.462 e. The minimum absolute atomic E-state index is 0.0328. The molecule has 1 N–H and O–H groups in total. The summed E-state index contributed by atoms with van der Waals surface area (Å²) in [6, 6.07) is 37.9. The molecule has 0 unspecified atom stereocenters. The van der Waals surface area contributed by atoms with Gasteiger partial charge in [0.05, 0.1) is 29.2 Å². The quantitative estimate of drug-likeness (QED) is 0.143. The molecule has 42 heavy (non-hydrogen) atoms. The van der Waals surface area contributed by atoms with E-state index in [1.165, 1.54) is 5.01 Å². The fraction of sp³-hybridized carbons (Fsp3) is 0.0571. The first kappa shape index (κ1) is 26.5. The van der Waals surface area contributed by atoms with Gasteiger partial charge in [-0.05, 0) is 66.6 Å². The molecule has 1 fully saturated rings. The van der Waals surface area contributed by atoms with Gasteiger partial charge in [0.25, 0.3) is 11.8 Å². The van der Waals surface area contributed by atoms with Crippen LogP contribution in [-0.4, -0.2) is 29.0 Å². The maximum Gasteiger partial charge on any atom is 0.338 e. The van der Waals surface area contributed by atoms with Gasteiger partial charge in [-0.25, -0.2) is 9.80 Å². The molecule has 0 saturated carbocycles. The Morgan fingerprint density at radius 2 is 1.36 bits per heavy atom. The molecule has 0 atom stereocenters. The number of benzene rings is 4. The maximum absolute atomic E-state index is 13.5. The van der Waals surface area contributed by atoms with Crippen molar-refractivity contribution in [2.45, 2.75) is 6.92 Å². The molecule has 7 nitrogen and oxygen atoms in total. The van der Waals surface area contributed by atoms with Crippen molar-refractivity contribution < 1.29 is 19.1 Å². The number of nitrogens with zero attached hydrogens (tertiary/aromatic N) is 2. The van der Waals surface area contributed by atoms with E-state index in [-0.39, 0.29) is 11.5 Å². The zero-order valence-corrected chi connectivity index (χ0v) is 22.9. The Kier molecular flexibility index (Phi) is 7.22. The molecule has 0 spiro atoms. The van der Waals surface area contributed by atoms with E-state index >= 15 is 0 Å². The maximum atomic E-state index is 13.5. The second kappa shape index (κ2) is 11.4. The lowest BCUT2D eigenvalue weighted by atomic mass is 10.0. The van der Waals surface area contributed by atoms with E-state index in [9.17, 15) is 14.4 Å². The highest BCUT2D eigenvalue weighted by atomic mass is 16.5. The van der Waals surface area contributed by atoms with Crippen LogP contribution in [0, 0.1) is 0 Å². The second-order valence-corrected chi connectivity index (χ2v) is 9.64. The molecule has 1 aromatic heterocycles. The van der Waals surface area contributed by atoms with Crippen molar-refractivity contribution in [1.29, 1.82) is 0 Å². The van der Waals surface area contributed by atoms with Crippen LogP contribution in [0.2, 0.25) is 0 Å². The van der Waals surface area contributed by atoms with Gasteiger partial charge < -0.3 is 9.30 Å². The van der Waals surface area contributed by atoms with Gasteiger partial charge in [0.15, 0.2) is 0 Å². The highest BCUT2D eigenvalue weighted by molar-refractivity contribution is 6.31. The Hall–Kier alpha value is -5.69. The lowest BCUT2D eigenvalue weighted by molar-refractivity contribution is -0.117. The summed E-state index contributed by atoms with van der Waals surface area (Å²) in [5.41, 5.74) is 8.74. The summed E-state index contributed by atoms with van der Waals surface area (Å²) in [6.07, 6.45) is 1.65. The monoisotopic (exact) mass is 553 g/mol. The highest BCUT2D eigenvalue weighted by Crippen LogP contribution is 2.38. The number of anilines is 1. The van der Waals surface area contributed by atoms with Crippen LogP contribution in [-0.2, 0) is 14.3 Å². The van der Waals surface area contributed by atoms with Crippen LogP contribution in [0.25, 0.3) is 34.3 Å². The smallest absolute Gasteiger partial charge is 0.338 e. The van der Waals surface area contributed by atoms with Crippen molar-refractivity contribution in [3.63, 3.8) is 0 Å². The summed E-state index contributed by atoms with van der Waals surface area (Å²) in [5.74, 6) is -1.30. The number of para-hydroxylation sites is 1. The van der Waals surface area contributed by atoms with E-state index in [0.717, 1.165) is 28.2 Å². The molecule has 4 aromatic carbocycles. The molecule has 7 heteroatoms. The summed E-state index contributed by atoms with van der Waals surface area (Å²) in [7, 11) is 0. The van der Waals surface area contributed by atoms with Crippen LogP contribution in [0.4, 0.5) is 5.69 Å². The Morgan fingerprint density at radius 1 is 0.762 bits per heavy atom. The third-order valence-electron chi connectivity index (χ3n) is 6.99. The predicted molar refractivity (Wildman–Crippen MR) is 163 cm³/mol. The van der Waals surface area contributed by atoms with E-state index in [2.05, 4.69) is 9.99 Å². The molecule has 1 aliphatic rings. The van der Waals surface area contributed by atoms with Crippen molar-refractivity contribution in [3.8, 4) is 28.2 Å². The summed E-state index contributed by atoms with van der Waals surface area (Å²) in [5, 5.41) is 1.26. The third kappa shape index (κ3) is 4.99. The van der Waals surface area contributed by atoms with E-state index in [0.29, 0.717) is 23.4 Å². The Labute approximate surface area is 243 Å². The average molecular weight is 554 g/mol. The number of carbonyl (C=O) groups is 3. The van der Waals surface area contributed by atoms with Gasteiger partial charge in [-0.15, -0.1) is 0 Å². The van der Waals surface area contributed by atoms with Crippen LogP contribution in [0.3, 0.4) is 0 Å². The third-order valence-corrected chi connectivity index (χ3v) is 6.99. The molecule has 1 saturated heterocycles. The van der Waals surface area contributed by atoms with Crippen molar-refractivity contribution in [3.05, 3.63) is 138 Å². The minimum atomic E-state index is -0.476. The molecule has 0 bridgehead atoms. The summed E-state index contributed by atoms with van der Waals surface area (Å²) in [6.45, 7) is 2.06. The highest BCUT2D eigenvalue weighted by Gasteiger charge is 2.35. The first-order valence-electron chi connectivity index (χ1n) is 13.6. The normalized spacial score (nSPS) is 13.8. The van der Waals surface area contributed by atoms with Gasteiger partial charge in [0.2, 0.25) is 0 Å². The standard InChI is InChI=1S/C35H27N3O4/c1-2-42-35(41)26-18-20-28(21-19-26)37-31(24-12-6-3-7-13-24)23-27(32(37)25-14-8-4-9-15-25)22-30-33(39)36-38(34(30)40)29-16-10-5-11-17-29/h3-23H,2H2,1H3,(H,36,39)/b30-22-. The lowest BCUT2D eigenvalue weighted by Crippen LogP contribution is -2.35. The first-order chi connectivity index (χ1) is 20.5. The Morgan fingerprint density at radius 3 is 1.98 bits per heavy atom. The van der Waals surface area contributed by atoms with Crippen molar-refractivity contribution in [1.82, 2.24) is 9.99 Å². The number of esters is 1. The molecule has 0 radical (unpaired) electrons. The number of amides is 2. The molecule has 0 aliphatic carbocycles.